The number of aryl methyl sites for hydroxylation is 1. The minimum Gasteiger partial charge on any atom is -0.349 e. The molecule has 1 aromatic heterocycles. The number of fused-ring (bicyclic) bond motifs is 2. The highest BCUT2D eigenvalue weighted by atomic mass is 35.5. The first kappa shape index (κ1) is 12.0. The Morgan fingerprint density at radius 3 is 2.89 bits per heavy atom. The van der Waals surface area contributed by atoms with Gasteiger partial charge in [0.05, 0.1) is 10.6 Å². The zero-order valence-corrected chi connectivity index (χ0v) is 11.2. The Labute approximate surface area is 112 Å². The van der Waals surface area contributed by atoms with Gasteiger partial charge in [-0.1, -0.05) is 18.0 Å². The van der Waals surface area contributed by atoms with Gasteiger partial charge in [-0.05, 0) is 44.1 Å². The second kappa shape index (κ2) is 4.54. The Morgan fingerprint density at radius 2 is 2.28 bits per heavy atom. The molecule has 3 unspecified atom stereocenters. The summed E-state index contributed by atoms with van der Waals surface area (Å²) in [5.74, 6) is 1.42. The smallest absolute Gasteiger partial charge is 0.254 e. The number of carbonyl (C=O) groups excluding carboxylic acids is 1. The highest BCUT2D eigenvalue weighted by Gasteiger charge is 2.40. The Hall–Kier alpha value is -1.09. The lowest BCUT2D eigenvalue weighted by atomic mass is 9.95. The van der Waals surface area contributed by atoms with Gasteiger partial charge in [0.2, 0.25) is 0 Å². The largest absolute Gasteiger partial charge is 0.349 e. The van der Waals surface area contributed by atoms with Crippen LogP contribution in [0.1, 0.15) is 41.7 Å². The third-order valence-corrected chi connectivity index (χ3v) is 4.60. The lowest BCUT2D eigenvalue weighted by molar-refractivity contribution is 0.0922. The Bertz CT molecular complexity index is 489. The van der Waals surface area contributed by atoms with Crippen LogP contribution in [-0.2, 0) is 0 Å². The average Bonchev–Trinajstić information content (AvgIpc) is 2.90. The minimum absolute atomic E-state index is 0.0787. The molecule has 2 saturated carbocycles. The fourth-order valence-corrected chi connectivity index (χ4v) is 3.65. The second-order valence-corrected chi connectivity index (χ2v) is 5.97. The molecule has 3 nitrogen and oxygen atoms in total. The molecule has 1 heterocycles. The number of nitrogens with one attached hydrogen (secondary N) is 1. The van der Waals surface area contributed by atoms with Crippen LogP contribution in [0.5, 0.6) is 0 Å². The number of nitrogens with zero attached hydrogens (tertiary/aromatic N) is 1. The van der Waals surface area contributed by atoms with Gasteiger partial charge in [-0.25, -0.2) is 0 Å². The summed E-state index contributed by atoms with van der Waals surface area (Å²) in [6, 6.07) is 2.07. The number of hydrogen-bond donors (Lipinski definition) is 1. The van der Waals surface area contributed by atoms with E-state index >= 15 is 0 Å². The first-order valence-corrected chi connectivity index (χ1v) is 6.94. The van der Waals surface area contributed by atoms with E-state index in [4.69, 9.17) is 11.6 Å². The van der Waals surface area contributed by atoms with E-state index in [9.17, 15) is 4.79 Å². The van der Waals surface area contributed by atoms with Crippen LogP contribution >= 0.6 is 11.6 Å². The van der Waals surface area contributed by atoms with Crippen LogP contribution < -0.4 is 5.32 Å². The molecule has 2 aliphatic rings. The number of aromatic nitrogens is 1. The Kier molecular flexibility index (Phi) is 3.02. The molecular formula is C14H17ClN2O. The molecule has 2 aliphatic carbocycles. The van der Waals surface area contributed by atoms with Crippen LogP contribution in [-0.4, -0.2) is 16.9 Å². The number of halogens is 1. The summed E-state index contributed by atoms with van der Waals surface area (Å²) < 4.78 is 0. The molecule has 1 N–H and O–H groups in total. The van der Waals surface area contributed by atoms with Crippen LogP contribution in [0.3, 0.4) is 0 Å². The van der Waals surface area contributed by atoms with Gasteiger partial charge in [0.15, 0.2) is 0 Å². The maximum atomic E-state index is 12.2. The van der Waals surface area contributed by atoms with Gasteiger partial charge in [-0.2, -0.15) is 0 Å². The molecular weight excluding hydrogens is 248 g/mol. The highest BCUT2D eigenvalue weighted by molar-refractivity contribution is 6.33. The van der Waals surface area contributed by atoms with Crippen LogP contribution in [0.4, 0.5) is 0 Å². The summed E-state index contributed by atoms with van der Waals surface area (Å²) in [6.45, 7) is 1.86. The molecule has 3 atom stereocenters. The van der Waals surface area contributed by atoms with Crippen molar-refractivity contribution in [2.75, 3.05) is 0 Å². The monoisotopic (exact) mass is 264 g/mol. The fraction of sp³-hybridized carbons (Fsp3) is 0.571. The number of hydrogen-bond acceptors (Lipinski definition) is 2. The molecule has 0 radical (unpaired) electrons. The van der Waals surface area contributed by atoms with E-state index in [1.54, 1.807) is 12.3 Å². The van der Waals surface area contributed by atoms with Crippen molar-refractivity contribution in [2.24, 2.45) is 11.8 Å². The van der Waals surface area contributed by atoms with Crippen LogP contribution in [0.2, 0.25) is 5.02 Å². The molecule has 1 amide bonds. The summed E-state index contributed by atoms with van der Waals surface area (Å²) in [5.41, 5.74) is 1.32. The standard InChI is InChI=1S/C14H17ClN2O/c1-8-4-12(15)11(7-16-8)14(18)17-13-6-9-2-3-10(13)5-9/h4,7,9-10,13H,2-3,5-6H2,1H3,(H,17,18). The molecule has 4 heteroatoms. The normalized spacial score (nSPS) is 29.6. The van der Waals surface area contributed by atoms with Gasteiger partial charge in [-0.15, -0.1) is 0 Å². The summed E-state index contributed by atoms with van der Waals surface area (Å²) in [4.78, 5) is 16.3. The maximum absolute atomic E-state index is 12.2. The number of carbonyl (C=O) groups is 1. The Balaban J connectivity index is 1.71. The van der Waals surface area contributed by atoms with Crippen molar-refractivity contribution < 1.29 is 4.79 Å². The van der Waals surface area contributed by atoms with E-state index in [0.29, 0.717) is 22.5 Å². The van der Waals surface area contributed by atoms with Crippen molar-refractivity contribution >= 4 is 17.5 Å². The van der Waals surface area contributed by atoms with E-state index in [2.05, 4.69) is 10.3 Å². The lowest BCUT2D eigenvalue weighted by Crippen LogP contribution is -2.38. The van der Waals surface area contributed by atoms with Crippen molar-refractivity contribution in [1.82, 2.24) is 10.3 Å². The van der Waals surface area contributed by atoms with Gasteiger partial charge >= 0.3 is 0 Å². The van der Waals surface area contributed by atoms with Gasteiger partial charge in [-0.3, -0.25) is 9.78 Å². The number of rotatable bonds is 2. The molecule has 0 aliphatic heterocycles. The topological polar surface area (TPSA) is 42.0 Å². The SMILES string of the molecule is Cc1cc(Cl)c(C(=O)NC2CC3CCC2C3)cn1. The number of pyridine rings is 1. The minimum atomic E-state index is -0.0787. The first-order valence-electron chi connectivity index (χ1n) is 6.56. The van der Waals surface area contributed by atoms with Gasteiger partial charge in [0.25, 0.3) is 5.91 Å². The molecule has 2 bridgehead atoms. The van der Waals surface area contributed by atoms with E-state index in [1.807, 2.05) is 6.92 Å². The van der Waals surface area contributed by atoms with Crippen LogP contribution in [0.15, 0.2) is 12.3 Å². The molecule has 2 fully saturated rings. The zero-order valence-electron chi connectivity index (χ0n) is 10.4. The zero-order chi connectivity index (χ0) is 12.7. The van der Waals surface area contributed by atoms with Crippen LogP contribution in [0, 0.1) is 18.8 Å². The lowest BCUT2D eigenvalue weighted by Gasteiger charge is -2.23. The fourth-order valence-electron chi connectivity index (χ4n) is 3.36. The van der Waals surface area contributed by atoms with Crippen molar-refractivity contribution in [3.63, 3.8) is 0 Å². The molecule has 96 valence electrons. The quantitative estimate of drug-likeness (QED) is 0.892. The summed E-state index contributed by atoms with van der Waals surface area (Å²) in [5, 5.41) is 3.61. The van der Waals surface area contributed by atoms with Gasteiger partial charge in [0.1, 0.15) is 0 Å². The summed E-state index contributed by atoms with van der Waals surface area (Å²) >= 11 is 6.09. The highest BCUT2D eigenvalue weighted by Crippen LogP contribution is 2.44. The third-order valence-electron chi connectivity index (χ3n) is 4.29. The van der Waals surface area contributed by atoms with Crippen molar-refractivity contribution in [3.05, 3.63) is 28.5 Å². The van der Waals surface area contributed by atoms with E-state index in [0.717, 1.165) is 18.0 Å². The molecule has 3 rings (SSSR count). The predicted molar refractivity (Wildman–Crippen MR) is 70.7 cm³/mol. The van der Waals surface area contributed by atoms with Crippen molar-refractivity contribution in [1.29, 1.82) is 0 Å². The van der Waals surface area contributed by atoms with E-state index in [-0.39, 0.29) is 5.91 Å². The molecule has 18 heavy (non-hydrogen) atoms. The first-order chi connectivity index (χ1) is 8.63. The molecule has 0 spiro atoms. The maximum Gasteiger partial charge on any atom is 0.254 e. The third kappa shape index (κ3) is 2.12. The van der Waals surface area contributed by atoms with Crippen LogP contribution in [0.25, 0.3) is 0 Å². The molecule has 1 aromatic rings. The van der Waals surface area contributed by atoms with Gasteiger partial charge in [0, 0.05) is 17.9 Å². The summed E-state index contributed by atoms with van der Waals surface area (Å²) in [7, 11) is 0. The predicted octanol–water partition coefficient (Wildman–Crippen LogP) is 2.96. The molecule has 0 aromatic carbocycles. The average molecular weight is 265 g/mol. The van der Waals surface area contributed by atoms with Crippen molar-refractivity contribution in [2.45, 2.75) is 38.6 Å². The van der Waals surface area contributed by atoms with E-state index < -0.39 is 0 Å². The molecule has 0 saturated heterocycles. The van der Waals surface area contributed by atoms with Gasteiger partial charge < -0.3 is 5.32 Å². The van der Waals surface area contributed by atoms with Crippen molar-refractivity contribution in [3.8, 4) is 0 Å². The second-order valence-electron chi connectivity index (χ2n) is 5.56. The van der Waals surface area contributed by atoms with E-state index in [1.165, 1.54) is 19.3 Å². The summed E-state index contributed by atoms with van der Waals surface area (Å²) in [6.07, 6.45) is 6.58. The number of amides is 1. The Morgan fingerprint density at radius 1 is 1.44 bits per heavy atom.